The third-order valence-electron chi connectivity index (χ3n) is 3.34. The van der Waals surface area contributed by atoms with E-state index in [-0.39, 0.29) is 12.6 Å². The molecule has 0 aliphatic heterocycles. The lowest BCUT2D eigenvalue weighted by Crippen LogP contribution is -2.21. The fourth-order valence-electron chi connectivity index (χ4n) is 1.94. The first-order valence-electron chi connectivity index (χ1n) is 7.27. The first-order valence-corrected chi connectivity index (χ1v) is 8.03. The van der Waals surface area contributed by atoms with E-state index in [4.69, 9.17) is 27.9 Å². The molecule has 1 N–H and O–H groups in total. The summed E-state index contributed by atoms with van der Waals surface area (Å²) in [6.45, 7) is 1.56. The highest BCUT2D eigenvalue weighted by atomic mass is 35.5. The van der Waals surface area contributed by atoms with Gasteiger partial charge in [0.05, 0.1) is 17.1 Å². The molecule has 1 aliphatic rings. The van der Waals surface area contributed by atoms with Gasteiger partial charge in [0.25, 0.3) is 0 Å². The highest BCUT2D eigenvalue weighted by molar-refractivity contribution is 6.42. The lowest BCUT2D eigenvalue weighted by atomic mass is 10.0. The number of halogens is 3. The molecular weight excluding hydrogens is 378 g/mol. The number of ether oxygens (including phenoxy) is 1. The molecule has 2 rings (SSSR count). The van der Waals surface area contributed by atoms with E-state index in [1.807, 2.05) is 0 Å². The number of esters is 1. The molecule has 134 valence electrons. The average molecular weight is 391 g/mol. The van der Waals surface area contributed by atoms with Gasteiger partial charge in [0.1, 0.15) is 16.4 Å². The normalized spacial score (nSPS) is 14.2. The van der Waals surface area contributed by atoms with Crippen molar-refractivity contribution in [1.82, 2.24) is 5.32 Å². The van der Waals surface area contributed by atoms with Crippen LogP contribution in [0, 0.1) is 15.9 Å². The van der Waals surface area contributed by atoms with Crippen molar-refractivity contribution < 1.29 is 23.6 Å². The van der Waals surface area contributed by atoms with Crippen molar-refractivity contribution in [3.8, 4) is 0 Å². The maximum atomic E-state index is 13.9. The van der Waals surface area contributed by atoms with Gasteiger partial charge in [-0.15, -0.1) is 0 Å². The number of Topliss-reactive ketones (excluding diaryl/α,β-unsaturated/α-hetero) is 1. The minimum absolute atomic E-state index is 0.00966. The smallest absolute Gasteiger partial charge is 0.343 e. The van der Waals surface area contributed by atoms with Gasteiger partial charge in [0.15, 0.2) is 5.02 Å². The second-order valence-electron chi connectivity index (χ2n) is 5.19. The summed E-state index contributed by atoms with van der Waals surface area (Å²) in [7, 11) is 0. The fraction of sp³-hybridized carbons (Fsp3) is 0.333. The monoisotopic (exact) mass is 390 g/mol. The van der Waals surface area contributed by atoms with E-state index < -0.39 is 49.4 Å². The Labute approximate surface area is 151 Å². The van der Waals surface area contributed by atoms with Crippen molar-refractivity contribution in [3.05, 3.63) is 49.4 Å². The minimum Gasteiger partial charge on any atom is -0.462 e. The summed E-state index contributed by atoms with van der Waals surface area (Å²) >= 11 is 11.4. The molecule has 0 atom stereocenters. The molecule has 0 heterocycles. The first-order chi connectivity index (χ1) is 11.8. The molecule has 0 amide bonds. The molecule has 0 aromatic heterocycles. The fourth-order valence-corrected chi connectivity index (χ4v) is 2.51. The van der Waals surface area contributed by atoms with E-state index in [1.165, 1.54) is 0 Å². The van der Waals surface area contributed by atoms with Gasteiger partial charge in [0, 0.05) is 12.2 Å². The molecule has 1 aromatic carbocycles. The third kappa shape index (κ3) is 4.26. The Morgan fingerprint density at radius 1 is 1.44 bits per heavy atom. The summed E-state index contributed by atoms with van der Waals surface area (Å²) in [5.74, 6) is -3.15. The molecule has 10 heteroatoms. The van der Waals surface area contributed by atoms with Gasteiger partial charge in [-0.3, -0.25) is 14.9 Å². The maximum absolute atomic E-state index is 13.9. The van der Waals surface area contributed by atoms with Crippen molar-refractivity contribution in [3.63, 3.8) is 0 Å². The van der Waals surface area contributed by atoms with Gasteiger partial charge in [0.2, 0.25) is 5.78 Å². The molecular formula is C15H13Cl2FN2O5. The van der Waals surface area contributed by atoms with Crippen molar-refractivity contribution in [2.24, 2.45) is 0 Å². The van der Waals surface area contributed by atoms with Gasteiger partial charge < -0.3 is 10.1 Å². The first kappa shape index (κ1) is 19.1. The molecule has 1 fully saturated rings. The molecule has 1 aromatic rings. The van der Waals surface area contributed by atoms with Crippen LogP contribution in [0.3, 0.4) is 0 Å². The topological polar surface area (TPSA) is 98.5 Å². The van der Waals surface area contributed by atoms with Crippen LogP contribution in [0.15, 0.2) is 17.8 Å². The number of carbonyl (C=O) groups is 2. The Balaban J connectivity index is 2.49. The number of nitrogens with zero attached hydrogens (tertiary/aromatic N) is 1. The zero-order chi connectivity index (χ0) is 18.7. The number of nitro groups is 1. The number of hydrogen-bond acceptors (Lipinski definition) is 6. The highest BCUT2D eigenvalue weighted by Gasteiger charge is 2.32. The van der Waals surface area contributed by atoms with E-state index in [9.17, 15) is 24.1 Å². The van der Waals surface area contributed by atoms with Crippen molar-refractivity contribution >= 4 is 40.6 Å². The lowest BCUT2D eigenvalue weighted by Gasteiger charge is -2.10. The summed E-state index contributed by atoms with van der Waals surface area (Å²) in [5.41, 5.74) is -1.93. The van der Waals surface area contributed by atoms with Gasteiger partial charge in [-0.1, -0.05) is 23.2 Å². The largest absolute Gasteiger partial charge is 0.462 e. The van der Waals surface area contributed by atoms with Crippen LogP contribution in [0.1, 0.15) is 30.1 Å². The van der Waals surface area contributed by atoms with Gasteiger partial charge in [-0.2, -0.15) is 0 Å². The molecule has 1 aliphatic carbocycles. The van der Waals surface area contributed by atoms with Crippen LogP contribution in [-0.4, -0.2) is 29.3 Å². The Hall–Kier alpha value is -2.19. The number of nitrogens with one attached hydrogen (secondary N) is 1. The number of nitro benzene ring substituents is 1. The van der Waals surface area contributed by atoms with E-state index in [0.29, 0.717) is 6.07 Å². The number of carbonyl (C=O) groups excluding carboxylic acids is 2. The summed E-state index contributed by atoms with van der Waals surface area (Å²) in [4.78, 5) is 34.7. The number of ketones is 1. The Morgan fingerprint density at radius 2 is 2.08 bits per heavy atom. The van der Waals surface area contributed by atoms with E-state index in [0.717, 1.165) is 19.0 Å². The van der Waals surface area contributed by atoms with Crippen molar-refractivity contribution in [2.45, 2.75) is 25.8 Å². The standard InChI is InChI=1S/C15H13Cl2FN2O5/c1-2-25-15(22)9(6-19-7-3-4-7)14(21)8-5-10(18)12(17)13(11(8)16)20(23)24/h5-7,19H,2-4H2,1H3/b9-6+. The Kier molecular flexibility index (Phi) is 5.97. The zero-order valence-electron chi connectivity index (χ0n) is 13.0. The molecule has 1 saturated carbocycles. The number of rotatable bonds is 7. The van der Waals surface area contributed by atoms with Crippen molar-refractivity contribution in [1.29, 1.82) is 0 Å². The van der Waals surface area contributed by atoms with Crippen LogP contribution in [0.5, 0.6) is 0 Å². The maximum Gasteiger partial charge on any atom is 0.343 e. The van der Waals surface area contributed by atoms with Crippen LogP contribution in [-0.2, 0) is 9.53 Å². The summed E-state index contributed by atoms with van der Waals surface area (Å²) in [5, 5.41) is 12.4. The number of benzene rings is 1. The predicted molar refractivity (Wildman–Crippen MR) is 88.3 cm³/mol. The lowest BCUT2D eigenvalue weighted by molar-refractivity contribution is -0.384. The molecule has 0 radical (unpaired) electrons. The minimum atomic E-state index is -1.19. The number of hydrogen-bond donors (Lipinski definition) is 1. The molecule has 0 bridgehead atoms. The van der Waals surface area contributed by atoms with E-state index in [2.05, 4.69) is 5.32 Å². The summed E-state index contributed by atoms with van der Waals surface area (Å²) < 4.78 is 18.7. The van der Waals surface area contributed by atoms with Crippen LogP contribution in [0.4, 0.5) is 10.1 Å². The SMILES string of the molecule is CCOC(=O)/C(=C/NC1CC1)C(=O)c1cc(F)c(Cl)c([N+](=O)[O-])c1Cl. The molecule has 0 unspecified atom stereocenters. The molecule has 7 nitrogen and oxygen atoms in total. The van der Waals surface area contributed by atoms with Gasteiger partial charge in [-0.05, 0) is 25.8 Å². The third-order valence-corrected chi connectivity index (χ3v) is 4.08. The van der Waals surface area contributed by atoms with Crippen LogP contribution in [0.2, 0.25) is 10.0 Å². The highest BCUT2D eigenvalue weighted by Crippen LogP contribution is 2.38. The Morgan fingerprint density at radius 3 is 2.60 bits per heavy atom. The van der Waals surface area contributed by atoms with E-state index in [1.54, 1.807) is 6.92 Å². The second kappa shape index (κ2) is 7.79. The van der Waals surface area contributed by atoms with Crippen LogP contribution in [0.25, 0.3) is 0 Å². The molecule has 0 spiro atoms. The predicted octanol–water partition coefficient (Wildman–Crippen LogP) is 3.42. The zero-order valence-corrected chi connectivity index (χ0v) is 14.5. The van der Waals surface area contributed by atoms with Crippen LogP contribution < -0.4 is 5.32 Å². The molecule has 25 heavy (non-hydrogen) atoms. The average Bonchev–Trinajstić information content (AvgIpc) is 3.35. The van der Waals surface area contributed by atoms with E-state index >= 15 is 0 Å². The van der Waals surface area contributed by atoms with Crippen molar-refractivity contribution in [2.75, 3.05) is 6.61 Å². The van der Waals surface area contributed by atoms with Gasteiger partial charge >= 0.3 is 11.7 Å². The molecule has 0 saturated heterocycles. The van der Waals surface area contributed by atoms with Gasteiger partial charge in [-0.25, -0.2) is 9.18 Å². The summed E-state index contributed by atoms with van der Waals surface area (Å²) in [6.07, 6.45) is 2.91. The summed E-state index contributed by atoms with van der Waals surface area (Å²) in [6, 6.07) is 0.786. The quantitative estimate of drug-likeness (QED) is 0.112. The van der Waals surface area contributed by atoms with Crippen LogP contribution >= 0.6 is 23.2 Å². The Bertz CT molecular complexity index is 778. The second-order valence-corrected chi connectivity index (χ2v) is 5.94.